The molecule has 1 atom stereocenters. The number of rotatable bonds is 3. The zero-order valence-corrected chi connectivity index (χ0v) is 13.4. The van der Waals surface area contributed by atoms with Gasteiger partial charge in [0.05, 0.1) is 0 Å². The lowest BCUT2D eigenvalue weighted by Crippen LogP contribution is -2.59. The largest absolute Gasteiger partial charge is 0.347 e. The summed E-state index contributed by atoms with van der Waals surface area (Å²) >= 11 is 1.64. The van der Waals surface area contributed by atoms with Crippen LogP contribution in [0, 0.1) is 0 Å². The van der Waals surface area contributed by atoms with Crippen LogP contribution in [0.3, 0.4) is 0 Å². The van der Waals surface area contributed by atoms with Crippen molar-refractivity contribution in [2.75, 3.05) is 40.0 Å². The summed E-state index contributed by atoms with van der Waals surface area (Å²) < 4.78 is 0. The fourth-order valence-electron chi connectivity index (χ4n) is 2.37. The topological polar surface area (TPSA) is 52.7 Å². The average Bonchev–Trinajstić information content (AvgIpc) is 2.53. The van der Waals surface area contributed by atoms with Crippen molar-refractivity contribution < 1.29 is 9.59 Å². The van der Waals surface area contributed by atoms with Crippen molar-refractivity contribution in [1.29, 1.82) is 0 Å². The summed E-state index contributed by atoms with van der Waals surface area (Å²) in [6, 6.07) is 7.09. The van der Waals surface area contributed by atoms with Crippen LogP contribution in [0.25, 0.3) is 0 Å². The number of piperazine rings is 1. The first kappa shape index (κ1) is 15.9. The van der Waals surface area contributed by atoms with E-state index >= 15 is 0 Å². The van der Waals surface area contributed by atoms with Gasteiger partial charge in [0.15, 0.2) is 0 Å². The predicted molar refractivity (Wildman–Crippen MR) is 84.6 cm³/mol. The summed E-state index contributed by atoms with van der Waals surface area (Å²) in [7, 11) is 3.43. The number of likely N-dealkylation sites (N-methyl/N-ethyl adjacent to an activating group) is 1. The Morgan fingerprint density at radius 3 is 2.52 bits per heavy atom. The van der Waals surface area contributed by atoms with Crippen LogP contribution < -0.4 is 5.32 Å². The van der Waals surface area contributed by atoms with E-state index in [0.29, 0.717) is 25.2 Å². The minimum Gasteiger partial charge on any atom is -0.347 e. The molecule has 0 spiro atoms. The molecule has 1 heterocycles. The first-order valence-electron chi connectivity index (χ1n) is 6.91. The normalized spacial score (nSPS) is 18.4. The molecule has 1 aromatic rings. The maximum atomic E-state index is 12.7. The molecule has 21 heavy (non-hydrogen) atoms. The Bertz CT molecular complexity index is 516. The van der Waals surface area contributed by atoms with Crippen LogP contribution in [-0.2, 0) is 4.79 Å². The molecule has 0 saturated carbocycles. The van der Waals surface area contributed by atoms with Gasteiger partial charge in [-0.05, 0) is 30.5 Å². The third-order valence-corrected chi connectivity index (χ3v) is 4.31. The van der Waals surface area contributed by atoms with Crippen molar-refractivity contribution in [3.63, 3.8) is 0 Å². The number of carbonyl (C=O) groups excluding carboxylic acids is 2. The van der Waals surface area contributed by atoms with Gasteiger partial charge in [-0.1, -0.05) is 0 Å². The second-order valence-electron chi connectivity index (χ2n) is 5.18. The molecule has 1 aromatic carbocycles. The van der Waals surface area contributed by atoms with Crippen LogP contribution in [0.5, 0.6) is 0 Å². The minimum atomic E-state index is -0.429. The number of nitrogens with one attached hydrogen (secondary N) is 1. The summed E-state index contributed by atoms with van der Waals surface area (Å²) in [6.07, 6.45) is 2.00. The Balaban J connectivity index is 2.19. The summed E-state index contributed by atoms with van der Waals surface area (Å²) in [4.78, 5) is 29.2. The SMILES string of the molecule is CSc1ccc(C(=O)N2CCNCC2C(=O)N(C)C)cc1. The zero-order chi connectivity index (χ0) is 15.4. The first-order valence-corrected chi connectivity index (χ1v) is 8.14. The van der Waals surface area contributed by atoms with Crippen LogP contribution in [0.4, 0.5) is 0 Å². The van der Waals surface area contributed by atoms with Crippen molar-refractivity contribution >= 4 is 23.6 Å². The molecule has 6 heteroatoms. The summed E-state index contributed by atoms with van der Waals surface area (Å²) in [6.45, 7) is 1.77. The lowest BCUT2D eigenvalue weighted by atomic mass is 10.1. The summed E-state index contributed by atoms with van der Waals surface area (Å²) in [5, 5.41) is 3.18. The summed E-state index contributed by atoms with van der Waals surface area (Å²) in [5.41, 5.74) is 0.631. The lowest BCUT2D eigenvalue weighted by Gasteiger charge is -2.36. The minimum absolute atomic E-state index is 0.0451. The Kier molecular flexibility index (Phi) is 5.25. The summed E-state index contributed by atoms with van der Waals surface area (Å²) in [5.74, 6) is -0.124. The van der Waals surface area contributed by atoms with Crippen molar-refractivity contribution in [1.82, 2.24) is 15.1 Å². The average molecular weight is 307 g/mol. The first-order chi connectivity index (χ1) is 10.0. The van der Waals surface area contributed by atoms with E-state index in [0.717, 1.165) is 4.90 Å². The second kappa shape index (κ2) is 6.95. The van der Waals surface area contributed by atoms with Crippen molar-refractivity contribution in [2.24, 2.45) is 0 Å². The van der Waals surface area contributed by atoms with E-state index in [4.69, 9.17) is 0 Å². The van der Waals surface area contributed by atoms with Crippen LogP contribution >= 0.6 is 11.8 Å². The highest BCUT2D eigenvalue weighted by Crippen LogP contribution is 2.17. The quantitative estimate of drug-likeness (QED) is 0.844. The van der Waals surface area contributed by atoms with Crippen molar-refractivity contribution in [3.8, 4) is 0 Å². The van der Waals surface area contributed by atoms with E-state index in [1.165, 1.54) is 4.90 Å². The molecule has 2 rings (SSSR count). The Hall–Kier alpha value is -1.53. The Morgan fingerprint density at radius 2 is 1.95 bits per heavy atom. The van der Waals surface area contributed by atoms with Gasteiger partial charge < -0.3 is 15.1 Å². The third kappa shape index (κ3) is 3.57. The maximum Gasteiger partial charge on any atom is 0.254 e. The molecule has 1 aliphatic heterocycles. The van der Waals surface area contributed by atoms with E-state index in [2.05, 4.69) is 5.32 Å². The van der Waals surface area contributed by atoms with Crippen LogP contribution in [0.1, 0.15) is 10.4 Å². The number of hydrogen-bond donors (Lipinski definition) is 1. The fraction of sp³-hybridized carbons (Fsp3) is 0.467. The highest BCUT2D eigenvalue weighted by molar-refractivity contribution is 7.98. The molecular formula is C15H21N3O2S. The molecule has 0 aromatic heterocycles. The zero-order valence-electron chi connectivity index (χ0n) is 12.6. The molecular weight excluding hydrogens is 286 g/mol. The fourth-order valence-corrected chi connectivity index (χ4v) is 2.77. The molecule has 1 fully saturated rings. The van der Waals surface area contributed by atoms with Crippen LogP contribution in [0.15, 0.2) is 29.2 Å². The van der Waals surface area contributed by atoms with E-state index in [1.54, 1.807) is 30.8 Å². The van der Waals surface area contributed by atoms with Crippen LogP contribution in [-0.4, -0.2) is 67.6 Å². The number of benzene rings is 1. The molecule has 1 N–H and O–H groups in total. The van der Waals surface area contributed by atoms with Gasteiger partial charge in [0.1, 0.15) is 6.04 Å². The number of nitrogens with zero attached hydrogens (tertiary/aromatic N) is 2. The Morgan fingerprint density at radius 1 is 1.29 bits per heavy atom. The van der Waals surface area contributed by atoms with Crippen molar-refractivity contribution in [2.45, 2.75) is 10.9 Å². The van der Waals surface area contributed by atoms with E-state index in [1.807, 2.05) is 30.5 Å². The van der Waals surface area contributed by atoms with Crippen LogP contribution in [0.2, 0.25) is 0 Å². The van der Waals surface area contributed by atoms with Gasteiger partial charge in [0.25, 0.3) is 5.91 Å². The number of carbonyl (C=O) groups is 2. The monoisotopic (exact) mass is 307 g/mol. The predicted octanol–water partition coefficient (Wildman–Crippen LogP) is 0.911. The Labute approximate surface area is 129 Å². The molecule has 1 saturated heterocycles. The van der Waals surface area contributed by atoms with Gasteiger partial charge in [0.2, 0.25) is 5.91 Å². The van der Waals surface area contributed by atoms with E-state index in [9.17, 15) is 9.59 Å². The molecule has 5 nitrogen and oxygen atoms in total. The van der Waals surface area contributed by atoms with Gasteiger partial charge in [-0.2, -0.15) is 0 Å². The molecule has 1 aliphatic rings. The van der Waals surface area contributed by atoms with E-state index in [-0.39, 0.29) is 11.8 Å². The molecule has 2 amide bonds. The van der Waals surface area contributed by atoms with Gasteiger partial charge in [0, 0.05) is 44.2 Å². The van der Waals surface area contributed by atoms with Gasteiger partial charge in [-0.15, -0.1) is 11.8 Å². The lowest BCUT2D eigenvalue weighted by molar-refractivity contribution is -0.134. The smallest absolute Gasteiger partial charge is 0.254 e. The van der Waals surface area contributed by atoms with E-state index < -0.39 is 6.04 Å². The molecule has 114 valence electrons. The number of amides is 2. The second-order valence-corrected chi connectivity index (χ2v) is 6.06. The van der Waals surface area contributed by atoms with Gasteiger partial charge in [-0.3, -0.25) is 9.59 Å². The standard InChI is InChI=1S/C15H21N3O2S/c1-17(2)15(20)13-10-16-8-9-18(13)14(19)11-4-6-12(21-3)7-5-11/h4-7,13,16H,8-10H2,1-3H3. The van der Waals surface area contributed by atoms with Gasteiger partial charge in [-0.25, -0.2) is 0 Å². The molecule has 0 radical (unpaired) electrons. The molecule has 1 unspecified atom stereocenters. The highest BCUT2D eigenvalue weighted by Gasteiger charge is 2.33. The van der Waals surface area contributed by atoms with Gasteiger partial charge >= 0.3 is 0 Å². The number of thioether (sulfide) groups is 1. The third-order valence-electron chi connectivity index (χ3n) is 3.57. The maximum absolute atomic E-state index is 12.7. The number of hydrogen-bond acceptors (Lipinski definition) is 4. The van der Waals surface area contributed by atoms with Crippen molar-refractivity contribution in [3.05, 3.63) is 29.8 Å². The molecule has 0 bridgehead atoms. The highest BCUT2D eigenvalue weighted by atomic mass is 32.2. The molecule has 0 aliphatic carbocycles.